The third kappa shape index (κ3) is 5.55. The van der Waals surface area contributed by atoms with Gasteiger partial charge in [-0.05, 0) is 20.8 Å². The van der Waals surface area contributed by atoms with Crippen LogP contribution in [0.4, 0.5) is 4.79 Å². The molecule has 0 radical (unpaired) electrons. The largest absolute Gasteiger partial charge is 0.444 e. The smallest absolute Gasteiger partial charge is 0.410 e. The lowest BCUT2D eigenvalue weighted by Crippen LogP contribution is -2.41. The fourth-order valence-electron chi connectivity index (χ4n) is 3.19. The molecule has 0 saturated heterocycles. The van der Waals surface area contributed by atoms with E-state index in [-0.39, 0.29) is 19.3 Å². The van der Waals surface area contributed by atoms with Crippen molar-refractivity contribution in [3.8, 4) is 0 Å². The summed E-state index contributed by atoms with van der Waals surface area (Å²) in [5, 5.41) is 21.0. The van der Waals surface area contributed by atoms with Crippen molar-refractivity contribution in [3.05, 3.63) is 35.4 Å². The molecule has 0 aromatic carbocycles. The molecule has 2 aliphatic heterocycles. The summed E-state index contributed by atoms with van der Waals surface area (Å²) in [6, 6.07) is 0. The molecule has 4 heterocycles. The average Bonchev–Trinajstić information content (AvgIpc) is 3.29. The van der Waals surface area contributed by atoms with Gasteiger partial charge in [0.25, 0.3) is 0 Å². The molecule has 4 rings (SSSR count). The minimum absolute atomic E-state index is 0.0417. The molecule has 10 heteroatoms. The van der Waals surface area contributed by atoms with E-state index in [0.29, 0.717) is 25.3 Å². The highest BCUT2D eigenvalue weighted by Gasteiger charge is 2.26. The summed E-state index contributed by atoms with van der Waals surface area (Å²) >= 11 is 0. The first kappa shape index (κ1) is 21.3. The van der Waals surface area contributed by atoms with Crippen LogP contribution in [-0.2, 0) is 44.1 Å². The van der Waals surface area contributed by atoms with Crippen LogP contribution in [-0.4, -0.2) is 59.0 Å². The molecular formula is C19H30N6O4. The number of hydrogen-bond acceptors (Lipinski definition) is 7. The molecule has 3 N–H and O–H groups in total. The maximum absolute atomic E-state index is 11.9. The van der Waals surface area contributed by atoms with Gasteiger partial charge in [0.1, 0.15) is 17.2 Å². The summed E-state index contributed by atoms with van der Waals surface area (Å²) in [6.45, 7) is 9.99. The van der Waals surface area contributed by atoms with E-state index in [4.69, 9.17) is 14.9 Å². The van der Waals surface area contributed by atoms with Gasteiger partial charge in [0.05, 0.1) is 37.7 Å². The monoisotopic (exact) mass is 406 g/mol. The predicted molar refractivity (Wildman–Crippen MR) is 105 cm³/mol. The number of amides is 1. The highest BCUT2D eigenvalue weighted by Crippen LogP contribution is 2.16. The molecule has 1 amide bonds. The Balaban J connectivity index is 0.000000186. The Morgan fingerprint density at radius 1 is 1.07 bits per heavy atom. The summed E-state index contributed by atoms with van der Waals surface area (Å²) in [4.78, 5) is 22.0. The van der Waals surface area contributed by atoms with Crippen molar-refractivity contribution in [1.82, 2.24) is 29.3 Å². The quantitative estimate of drug-likeness (QED) is 0.669. The SMILES string of the molecule is CC(C)(C)OC(=O)N1CCn2cc(CO)nc2C1.OCc1cn2c(n1)CNCC2. The Labute approximate surface area is 170 Å². The van der Waals surface area contributed by atoms with Crippen molar-refractivity contribution in [2.75, 3.05) is 13.1 Å². The second-order valence-electron chi connectivity index (χ2n) is 8.08. The maximum Gasteiger partial charge on any atom is 0.410 e. The van der Waals surface area contributed by atoms with E-state index < -0.39 is 5.60 Å². The van der Waals surface area contributed by atoms with Gasteiger partial charge in [-0.2, -0.15) is 0 Å². The molecule has 0 unspecified atom stereocenters. The van der Waals surface area contributed by atoms with E-state index in [1.807, 2.05) is 37.7 Å². The highest BCUT2D eigenvalue weighted by atomic mass is 16.6. The second kappa shape index (κ2) is 8.93. The number of aliphatic hydroxyl groups is 2. The molecule has 2 aliphatic rings. The van der Waals surface area contributed by atoms with Gasteiger partial charge in [0.15, 0.2) is 0 Å². The number of aromatic nitrogens is 4. The van der Waals surface area contributed by atoms with Gasteiger partial charge in [0.2, 0.25) is 0 Å². The van der Waals surface area contributed by atoms with E-state index in [2.05, 4.69) is 19.9 Å². The van der Waals surface area contributed by atoms with Crippen molar-refractivity contribution in [2.45, 2.75) is 65.8 Å². The lowest BCUT2D eigenvalue weighted by atomic mass is 10.2. The zero-order chi connectivity index (χ0) is 21.0. The van der Waals surface area contributed by atoms with Crippen molar-refractivity contribution in [2.24, 2.45) is 0 Å². The first-order chi connectivity index (χ1) is 13.8. The zero-order valence-electron chi connectivity index (χ0n) is 17.3. The number of aliphatic hydroxyl groups excluding tert-OH is 2. The van der Waals surface area contributed by atoms with Crippen molar-refractivity contribution in [3.63, 3.8) is 0 Å². The summed E-state index contributed by atoms with van der Waals surface area (Å²) in [6.07, 6.45) is 3.42. The first-order valence-electron chi connectivity index (χ1n) is 9.79. The number of ether oxygens (including phenoxy) is 1. The van der Waals surface area contributed by atoms with Crippen LogP contribution in [0.1, 0.15) is 43.8 Å². The number of hydrogen-bond donors (Lipinski definition) is 3. The highest BCUT2D eigenvalue weighted by molar-refractivity contribution is 5.68. The lowest BCUT2D eigenvalue weighted by molar-refractivity contribution is 0.0195. The van der Waals surface area contributed by atoms with Crippen LogP contribution in [0.25, 0.3) is 0 Å². The molecule has 0 spiro atoms. The Hall–Kier alpha value is -2.43. The standard InChI is InChI=1S/C12H19N3O3.C7H11N3O/c1-12(2,3)18-11(17)15-5-4-14-6-9(8-16)13-10(14)7-15;11-5-6-4-10-2-1-8-3-7(10)9-6/h6,16H,4-5,7-8H2,1-3H3;4,8,11H,1-3,5H2. The van der Waals surface area contributed by atoms with Crippen LogP contribution in [0.15, 0.2) is 12.4 Å². The Morgan fingerprint density at radius 2 is 1.69 bits per heavy atom. The number of carbonyl (C=O) groups excluding carboxylic acids is 1. The van der Waals surface area contributed by atoms with Crippen LogP contribution < -0.4 is 5.32 Å². The molecule has 160 valence electrons. The minimum atomic E-state index is -0.486. The van der Waals surface area contributed by atoms with E-state index in [1.165, 1.54) is 0 Å². The minimum Gasteiger partial charge on any atom is -0.444 e. The number of imidazole rings is 2. The van der Waals surface area contributed by atoms with Crippen LogP contribution >= 0.6 is 0 Å². The van der Waals surface area contributed by atoms with Gasteiger partial charge in [-0.3, -0.25) is 4.90 Å². The summed E-state index contributed by atoms with van der Waals surface area (Å²) < 4.78 is 9.38. The van der Waals surface area contributed by atoms with Gasteiger partial charge in [0, 0.05) is 38.6 Å². The summed E-state index contributed by atoms with van der Waals surface area (Å²) in [7, 11) is 0. The van der Waals surface area contributed by atoms with E-state index in [0.717, 1.165) is 37.0 Å². The molecule has 2 aromatic rings. The van der Waals surface area contributed by atoms with Crippen LogP contribution in [0.3, 0.4) is 0 Å². The molecule has 0 aliphatic carbocycles. The second-order valence-corrected chi connectivity index (χ2v) is 8.08. The van der Waals surface area contributed by atoms with E-state index in [1.54, 1.807) is 4.90 Å². The summed E-state index contributed by atoms with van der Waals surface area (Å²) in [5.41, 5.74) is 0.917. The Kier molecular flexibility index (Phi) is 6.56. The molecule has 0 atom stereocenters. The Morgan fingerprint density at radius 3 is 2.28 bits per heavy atom. The van der Waals surface area contributed by atoms with Gasteiger partial charge in [-0.15, -0.1) is 0 Å². The first-order valence-corrected chi connectivity index (χ1v) is 9.79. The third-order valence-electron chi connectivity index (χ3n) is 4.55. The molecule has 0 bridgehead atoms. The fourth-order valence-corrected chi connectivity index (χ4v) is 3.19. The van der Waals surface area contributed by atoms with E-state index in [9.17, 15) is 4.79 Å². The Bertz CT molecular complexity index is 815. The molecule has 29 heavy (non-hydrogen) atoms. The lowest BCUT2D eigenvalue weighted by Gasteiger charge is -2.30. The molecule has 0 saturated carbocycles. The zero-order valence-corrected chi connectivity index (χ0v) is 17.3. The normalized spacial score (nSPS) is 15.8. The van der Waals surface area contributed by atoms with Gasteiger partial charge < -0.3 is 29.4 Å². The average molecular weight is 406 g/mol. The molecule has 0 fully saturated rings. The predicted octanol–water partition coefficient (Wildman–Crippen LogP) is 0.605. The summed E-state index contributed by atoms with van der Waals surface area (Å²) in [5.74, 6) is 1.82. The maximum atomic E-state index is 11.9. The van der Waals surface area contributed by atoms with Crippen LogP contribution in [0.5, 0.6) is 0 Å². The number of carbonyl (C=O) groups is 1. The fraction of sp³-hybridized carbons (Fsp3) is 0.632. The van der Waals surface area contributed by atoms with E-state index >= 15 is 0 Å². The number of nitrogens with zero attached hydrogens (tertiary/aromatic N) is 5. The molecule has 10 nitrogen and oxygen atoms in total. The van der Waals surface area contributed by atoms with Gasteiger partial charge in [-0.1, -0.05) is 0 Å². The van der Waals surface area contributed by atoms with Gasteiger partial charge in [-0.25, -0.2) is 14.8 Å². The molecule has 2 aromatic heterocycles. The number of nitrogens with one attached hydrogen (secondary N) is 1. The third-order valence-corrected chi connectivity index (χ3v) is 4.55. The topological polar surface area (TPSA) is 118 Å². The molecular weight excluding hydrogens is 376 g/mol. The van der Waals surface area contributed by atoms with Crippen molar-refractivity contribution < 1.29 is 19.7 Å². The van der Waals surface area contributed by atoms with Crippen molar-refractivity contribution >= 4 is 6.09 Å². The number of fused-ring (bicyclic) bond motifs is 2. The number of rotatable bonds is 2. The van der Waals surface area contributed by atoms with Crippen molar-refractivity contribution in [1.29, 1.82) is 0 Å². The van der Waals surface area contributed by atoms with Gasteiger partial charge >= 0.3 is 6.09 Å². The van der Waals surface area contributed by atoms with Crippen LogP contribution in [0.2, 0.25) is 0 Å². The van der Waals surface area contributed by atoms with Crippen LogP contribution in [0, 0.1) is 0 Å².